The van der Waals surface area contributed by atoms with Crippen LogP contribution in [0.2, 0.25) is 0 Å². The number of hydrogen-bond donors (Lipinski definition) is 1. The highest BCUT2D eigenvalue weighted by atomic mass is 16.3. The molecule has 0 fully saturated rings. The summed E-state index contributed by atoms with van der Waals surface area (Å²) in [5.74, 6) is 0. The molecule has 0 spiro atoms. The average molecular weight is 130 g/mol. The molecule has 0 aliphatic carbocycles. The van der Waals surface area contributed by atoms with Gasteiger partial charge in [-0.15, -0.1) is 0 Å². The van der Waals surface area contributed by atoms with Crippen molar-refractivity contribution in [1.82, 2.24) is 4.90 Å². The lowest BCUT2D eigenvalue weighted by Crippen LogP contribution is -2.27. The van der Waals surface area contributed by atoms with Crippen LogP contribution in [0.25, 0.3) is 0 Å². The minimum Gasteiger partial charge on any atom is -0.371 e. The van der Waals surface area contributed by atoms with Crippen molar-refractivity contribution in [1.29, 1.82) is 0 Å². The van der Waals surface area contributed by atoms with Crippen LogP contribution >= 0.6 is 0 Å². The van der Waals surface area contributed by atoms with Crippen molar-refractivity contribution >= 4 is 0 Å². The molecule has 1 N–H and O–H groups in total. The second kappa shape index (κ2) is 4.77. The van der Waals surface area contributed by atoms with E-state index >= 15 is 0 Å². The number of rotatable bonds is 4. The van der Waals surface area contributed by atoms with Crippen LogP contribution in [0.15, 0.2) is 0 Å². The molecule has 0 aromatic heterocycles. The van der Waals surface area contributed by atoms with Crippen molar-refractivity contribution in [2.75, 3.05) is 13.1 Å². The third-order valence-electron chi connectivity index (χ3n) is 1.44. The second-order valence-electron chi connectivity index (χ2n) is 1.94. The predicted molar refractivity (Wildman–Crippen MR) is 38.4 cm³/mol. The van der Waals surface area contributed by atoms with Crippen LogP contribution in [0.5, 0.6) is 0 Å². The van der Waals surface area contributed by atoms with E-state index in [0.717, 1.165) is 19.5 Å². The molecule has 1 radical (unpaired) electrons. The monoisotopic (exact) mass is 130 g/mol. The zero-order valence-corrected chi connectivity index (χ0v) is 6.52. The molecule has 0 aliphatic rings. The molecule has 0 saturated heterocycles. The Morgan fingerprint density at radius 2 is 1.67 bits per heavy atom. The Morgan fingerprint density at radius 1 is 1.22 bits per heavy atom. The summed E-state index contributed by atoms with van der Waals surface area (Å²) in [6.45, 7) is 7.82. The first-order valence-corrected chi connectivity index (χ1v) is 3.55. The van der Waals surface area contributed by atoms with E-state index in [1.54, 1.807) is 0 Å². The zero-order valence-electron chi connectivity index (χ0n) is 6.52. The Bertz CT molecular complexity index is 61.9. The summed E-state index contributed by atoms with van der Waals surface area (Å²) < 4.78 is 0. The topological polar surface area (TPSA) is 23.5 Å². The minimum absolute atomic E-state index is 0.500. The van der Waals surface area contributed by atoms with E-state index in [0.29, 0.717) is 6.23 Å². The third kappa shape index (κ3) is 2.82. The van der Waals surface area contributed by atoms with Crippen molar-refractivity contribution < 1.29 is 5.11 Å². The van der Waals surface area contributed by atoms with E-state index < -0.39 is 0 Å². The van der Waals surface area contributed by atoms with Gasteiger partial charge in [-0.1, -0.05) is 20.8 Å². The molecule has 0 bridgehead atoms. The maximum atomic E-state index is 9.16. The normalized spacial score (nSPS) is 11.3. The lowest BCUT2D eigenvalue weighted by atomic mass is 10.3. The van der Waals surface area contributed by atoms with Crippen LogP contribution < -0.4 is 0 Å². The molecule has 0 rings (SSSR count). The van der Waals surface area contributed by atoms with E-state index in [2.05, 4.69) is 0 Å². The summed E-state index contributed by atoms with van der Waals surface area (Å²) in [6.07, 6.45) is 1.24. The molecule has 0 heterocycles. The molecule has 0 aliphatic heterocycles. The molecule has 0 aromatic carbocycles. The molecule has 0 amide bonds. The lowest BCUT2D eigenvalue weighted by Gasteiger charge is -2.21. The van der Waals surface area contributed by atoms with Gasteiger partial charge in [-0.2, -0.15) is 0 Å². The summed E-state index contributed by atoms with van der Waals surface area (Å²) in [4.78, 5) is 1.94. The molecule has 0 atom stereocenters. The molecular formula is C7H16NO. The van der Waals surface area contributed by atoms with Gasteiger partial charge in [-0.3, -0.25) is 4.90 Å². The number of aliphatic hydroxyl groups is 1. The van der Waals surface area contributed by atoms with Gasteiger partial charge in [-0.05, 0) is 19.5 Å². The molecule has 0 aromatic rings. The van der Waals surface area contributed by atoms with E-state index in [9.17, 15) is 0 Å². The van der Waals surface area contributed by atoms with Gasteiger partial charge in [0.15, 0.2) is 6.23 Å². The van der Waals surface area contributed by atoms with Crippen LogP contribution in [-0.4, -0.2) is 23.1 Å². The number of nitrogens with zero attached hydrogens (tertiary/aromatic N) is 1. The van der Waals surface area contributed by atoms with Gasteiger partial charge in [-0.25, -0.2) is 0 Å². The molecular weight excluding hydrogens is 114 g/mol. The van der Waals surface area contributed by atoms with Gasteiger partial charge in [0.1, 0.15) is 0 Å². The molecule has 55 valence electrons. The first kappa shape index (κ1) is 8.92. The molecule has 0 unspecified atom stereocenters. The van der Waals surface area contributed by atoms with E-state index in [4.69, 9.17) is 5.11 Å². The smallest absolute Gasteiger partial charge is 0.161 e. The van der Waals surface area contributed by atoms with Crippen LogP contribution in [0.4, 0.5) is 0 Å². The van der Waals surface area contributed by atoms with E-state index in [1.807, 2.05) is 25.7 Å². The first-order chi connectivity index (χ1) is 4.26. The van der Waals surface area contributed by atoms with Crippen LogP contribution in [0.3, 0.4) is 0 Å². The maximum Gasteiger partial charge on any atom is 0.161 e. The van der Waals surface area contributed by atoms with Gasteiger partial charge in [0.05, 0.1) is 0 Å². The van der Waals surface area contributed by atoms with Crippen molar-refractivity contribution in [2.45, 2.75) is 27.2 Å². The van der Waals surface area contributed by atoms with Crippen LogP contribution in [-0.2, 0) is 0 Å². The molecule has 0 saturated carbocycles. The summed E-state index contributed by atoms with van der Waals surface area (Å²) in [7, 11) is 0. The lowest BCUT2D eigenvalue weighted by molar-refractivity contribution is 0.115. The zero-order chi connectivity index (χ0) is 7.28. The van der Waals surface area contributed by atoms with Gasteiger partial charge in [0.25, 0.3) is 0 Å². The number of hydrogen-bond acceptors (Lipinski definition) is 2. The first-order valence-electron chi connectivity index (χ1n) is 3.55. The second-order valence-corrected chi connectivity index (χ2v) is 1.94. The molecule has 9 heavy (non-hydrogen) atoms. The Balaban J connectivity index is 3.50. The van der Waals surface area contributed by atoms with Crippen LogP contribution in [0, 0.1) is 6.23 Å². The maximum absolute atomic E-state index is 9.16. The van der Waals surface area contributed by atoms with Gasteiger partial charge < -0.3 is 5.11 Å². The summed E-state index contributed by atoms with van der Waals surface area (Å²) >= 11 is 0. The van der Waals surface area contributed by atoms with E-state index in [-0.39, 0.29) is 0 Å². The quantitative estimate of drug-likeness (QED) is 0.624. The van der Waals surface area contributed by atoms with E-state index in [1.165, 1.54) is 0 Å². The van der Waals surface area contributed by atoms with Crippen LogP contribution in [0.1, 0.15) is 27.2 Å². The highest BCUT2D eigenvalue weighted by Crippen LogP contribution is 2.06. The highest BCUT2D eigenvalue weighted by molar-refractivity contribution is 4.72. The predicted octanol–water partition coefficient (Wildman–Crippen LogP) is 1.60. The fourth-order valence-electron chi connectivity index (χ4n) is 0.812. The van der Waals surface area contributed by atoms with Gasteiger partial charge >= 0.3 is 0 Å². The Labute approximate surface area is 57.5 Å². The summed E-state index contributed by atoms with van der Waals surface area (Å²) in [5, 5.41) is 9.16. The fraction of sp³-hybridized carbons (Fsp3) is 0.857. The van der Waals surface area contributed by atoms with Gasteiger partial charge in [0.2, 0.25) is 0 Å². The Morgan fingerprint density at radius 3 is 1.78 bits per heavy atom. The largest absolute Gasteiger partial charge is 0.371 e. The summed E-state index contributed by atoms with van der Waals surface area (Å²) in [6, 6.07) is 0. The SMILES string of the molecule is CC[C](O)N(CC)CC. The van der Waals surface area contributed by atoms with Crippen molar-refractivity contribution in [3.63, 3.8) is 0 Å². The number of aliphatic hydroxyl groups excluding tert-OH is 1. The standard InChI is InChI=1S/C7H16NO/c1-4-7(9)8(5-2)6-3/h9H,4-6H2,1-3H3. The fourth-order valence-corrected chi connectivity index (χ4v) is 0.812. The molecule has 2 heteroatoms. The van der Waals surface area contributed by atoms with Crippen molar-refractivity contribution in [2.24, 2.45) is 0 Å². The highest BCUT2D eigenvalue weighted by Gasteiger charge is 2.09. The summed E-state index contributed by atoms with van der Waals surface area (Å²) in [5.41, 5.74) is 0. The third-order valence-corrected chi connectivity index (χ3v) is 1.44. The Hall–Kier alpha value is -0.0800. The van der Waals surface area contributed by atoms with Gasteiger partial charge in [0, 0.05) is 0 Å². The van der Waals surface area contributed by atoms with Crippen molar-refractivity contribution in [3.05, 3.63) is 6.23 Å². The Kier molecular flexibility index (Phi) is 4.72. The van der Waals surface area contributed by atoms with Crippen molar-refractivity contribution in [3.8, 4) is 0 Å². The molecule has 2 nitrogen and oxygen atoms in total. The average Bonchev–Trinajstić information content (AvgIpc) is 1.90. The minimum atomic E-state index is 0.500.